The molecule has 1 aliphatic heterocycles. The van der Waals surface area contributed by atoms with Gasteiger partial charge in [-0.2, -0.15) is 0 Å². The Morgan fingerprint density at radius 1 is 0.382 bits per heavy atom. The molecule has 0 saturated carbocycles. The molecule has 4 rings (SSSR count). The van der Waals surface area contributed by atoms with E-state index in [4.69, 9.17) is 0 Å². The Kier molecular flexibility index (Phi) is 30.4. The summed E-state index contributed by atoms with van der Waals surface area (Å²) in [7, 11) is 4.67. The fourth-order valence-electron chi connectivity index (χ4n) is 6.66. The van der Waals surface area contributed by atoms with Crippen LogP contribution in [-0.4, -0.2) is 24.6 Å². The number of benzene rings is 3. The van der Waals surface area contributed by atoms with Crippen LogP contribution in [0.4, 0.5) is 22.0 Å². The Hall–Kier alpha value is -1.37. The molecule has 0 amide bonds. The van der Waals surface area contributed by atoms with Crippen molar-refractivity contribution in [3.8, 4) is 0 Å². The van der Waals surface area contributed by atoms with Gasteiger partial charge in [0.2, 0.25) is 0 Å². The third-order valence-electron chi connectivity index (χ3n) is 9.76. The van der Waals surface area contributed by atoms with Crippen LogP contribution in [0.1, 0.15) is 128 Å². The summed E-state index contributed by atoms with van der Waals surface area (Å²) in [6.07, 6.45) is 43.2. The maximum atomic E-state index is 12.0. The van der Waals surface area contributed by atoms with E-state index >= 15 is 0 Å². The van der Waals surface area contributed by atoms with Crippen LogP contribution >= 0.6 is 25.3 Å². The first-order valence-electron chi connectivity index (χ1n) is 20.4. The molecule has 0 aromatic heterocycles. The quantitative estimate of drug-likeness (QED) is 0.0599. The van der Waals surface area contributed by atoms with E-state index in [0.717, 1.165) is 6.07 Å². The molecule has 1 heterocycles. The molecule has 308 valence electrons. The Morgan fingerprint density at radius 2 is 0.655 bits per heavy atom. The number of rotatable bonds is 2. The molecule has 0 radical (unpaired) electrons. The van der Waals surface area contributed by atoms with Crippen molar-refractivity contribution < 1.29 is 40.7 Å². The van der Waals surface area contributed by atoms with Gasteiger partial charge >= 0.3 is 28.2 Å². The maximum absolute atomic E-state index is 12.0. The summed E-state index contributed by atoms with van der Waals surface area (Å²) in [5, 5.41) is 3.28. The third-order valence-corrected chi connectivity index (χ3v) is 15.2. The predicted octanol–water partition coefficient (Wildman–Crippen LogP) is 15.4. The molecule has 0 spiro atoms. The first-order valence-corrected chi connectivity index (χ1v) is 26.6. The van der Waals surface area contributed by atoms with Gasteiger partial charge in [0.15, 0.2) is 0 Å². The molecule has 0 saturated heterocycles. The summed E-state index contributed by atoms with van der Waals surface area (Å²) in [5.74, 6) is -10.0. The first-order chi connectivity index (χ1) is 27.0. The molecule has 0 aliphatic carbocycles. The van der Waals surface area contributed by atoms with Crippen LogP contribution in [0, 0.1) is 35.2 Å². The van der Waals surface area contributed by atoms with E-state index in [2.05, 4.69) is 94.4 Å². The second kappa shape index (κ2) is 33.6. The molecule has 3 aromatic carbocycles. The van der Waals surface area contributed by atoms with Crippen molar-refractivity contribution in [2.75, 3.05) is 24.6 Å². The molecule has 1 aliphatic rings. The summed E-state index contributed by atoms with van der Waals surface area (Å²) in [5.41, 5.74) is 0. The Balaban J connectivity index is 0.000000682. The van der Waals surface area contributed by atoms with Crippen LogP contribution in [0.25, 0.3) is 0 Å². The summed E-state index contributed by atoms with van der Waals surface area (Å²) in [6.45, 7) is 0. The fraction of sp³-hybridized carbons (Fsp3) is 0.522. The molecule has 55 heavy (non-hydrogen) atoms. The topological polar surface area (TPSA) is 0 Å². The van der Waals surface area contributed by atoms with E-state index in [1.54, 1.807) is 29.4 Å². The molecular formula is C46H62ClF5P2Pt. The minimum absolute atomic E-state index is 0.0298. The molecule has 0 nitrogen and oxygen atoms in total. The van der Waals surface area contributed by atoms with E-state index < -0.39 is 29.1 Å². The molecule has 0 fully saturated rings. The van der Waals surface area contributed by atoms with Crippen LogP contribution in [0.2, 0.25) is 0 Å². The Bertz CT molecular complexity index is 1290. The van der Waals surface area contributed by atoms with Crippen molar-refractivity contribution in [3.05, 3.63) is 120 Å². The summed E-state index contributed by atoms with van der Waals surface area (Å²) < 4.78 is 59.9. The second-order valence-corrected chi connectivity index (χ2v) is 19.1. The average molecular weight is 1000 g/mol. The van der Waals surface area contributed by atoms with Crippen molar-refractivity contribution in [2.45, 2.75) is 128 Å². The van der Waals surface area contributed by atoms with Gasteiger partial charge in [-0.1, -0.05) is 152 Å². The van der Waals surface area contributed by atoms with E-state index in [1.807, 2.05) is 0 Å². The number of hydrogen-bond acceptors (Lipinski definition) is 0. The van der Waals surface area contributed by atoms with Gasteiger partial charge in [0, 0.05) is 0 Å². The van der Waals surface area contributed by atoms with Crippen LogP contribution < -0.4 is 10.6 Å². The van der Waals surface area contributed by atoms with E-state index in [1.165, 1.54) is 153 Å². The van der Waals surface area contributed by atoms with Crippen molar-refractivity contribution in [1.82, 2.24) is 0 Å². The van der Waals surface area contributed by atoms with E-state index in [9.17, 15) is 22.0 Å². The Morgan fingerprint density at radius 3 is 0.945 bits per heavy atom. The molecular weight excluding hydrogens is 940 g/mol. The van der Waals surface area contributed by atoms with Gasteiger partial charge in [-0.3, -0.25) is 8.78 Å². The normalized spacial score (nSPS) is 21.0. The standard InChI is InChI=1S/C40H62P2.C6F5.ClH.Pt/c1-2-6-10-14-18-28-36-42(40-33-25-22-26-34-40)38-30-20-16-12-8-4-3-7-11-15-19-29-37-41(35-27-17-13-9-5-1)39-31-23-21-24-32-39;7-2-1-3(8)5(10)6(11)4(2)9;;/h1-4,21-26,31-34H,5-20,27-30,35-38H2;;1H;/q;-1;;+2/p-1/b2-1+,4-3+;;;. The predicted molar refractivity (Wildman–Crippen MR) is 227 cm³/mol. The summed E-state index contributed by atoms with van der Waals surface area (Å²) >= 11 is 1.61. The zero-order valence-electron chi connectivity index (χ0n) is 32.5. The molecule has 0 bridgehead atoms. The Labute approximate surface area is 347 Å². The van der Waals surface area contributed by atoms with Gasteiger partial charge in [0.05, 0.1) is 29.1 Å². The zero-order chi connectivity index (χ0) is 39.8. The minimum atomic E-state index is -2.17. The molecule has 9 heteroatoms. The fourth-order valence-corrected chi connectivity index (χ4v) is 11.7. The molecule has 0 atom stereocenters. The molecule has 0 N–H and O–H groups in total. The van der Waals surface area contributed by atoms with Crippen molar-refractivity contribution in [2.24, 2.45) is 0 Å². The van der Waals surface area contributed by atoms with Crippen LogP contribution in [0.3, 0.4) is 0 Å². The van der Waals surface area contributed by atoms with E-state index in [-0.39, 0.29) is 15.8 Å². The SMILES string of the molecule is C1=C/CCCCCCP(c2ccccc2)CCCCCC/C=C/CCCCCCP(c2ccccc2)CCCCCC/1.Fc1[c-]c(F)c(F)c(F)c1F.[Cl][Pt+]. The van der Waals surface area contributed by atoms with Crippen LogP contribution in [0.15, 0.2) is 85.0 Å². The molecule has 0 unspecified atom stereocenters. The van der Waals surface area contributed by atoms with E-state index in [0.29, 0.717) is 0 Å². The van der Waals surface area contributed by atoms with Gasteiger partial charge < -0.3 is 0 Å². The number of hydrogen-bond donors (Lipinski definition) is 0. The third kappa shape index (κ3) is 23.0. The van der Waals surface area contributed by atoms with Gasteiger partial charge in [-0.25, -0.2) is 13.2 Å². The summed E-state index contributed by atoms with van der Waals surface area (Å²) in [6, 6.07) is 24.0. The van der Waals surface area contributed by atoms with Crippen molar-refractivity contribution >= 4 is 35.9 Å². The second-order valence-electron chi connectivity index (χ2n) is 14.1. The average Bonchev–Trinajstić information content (AvgIpc) is 3.22. The number of allylic oxidation sites excluding steroid dienone is 4. The van der Waals surface area contributed by atoms with Gasteiger partial charge in [0.25, 0.3) is 0 Å². The van der Waals surface area contributed by atoms with Crippen molar-refractivity contribution in [3.63, 3.8) is 0 Å². The van der Waals surface area contributed by atoms with Crippen molar-refractivity contribution in [1.29, 1.82) is 0 Å². The number of halogens is 6. The van der Waals surface area contributed by atoms with Crippen LogP contribution in [-0.2, 0) is 18.8 Å². The van der Waals surface area contributed by atoms with Crippen LogP contribution in [0.5, 0.6) is 0 Å². The molecule has 3 aromatic rings. The first kappa shape index (κ1) is 49.8. The van der Waals surface area contributed by atoms with Gasteiger partial charge in [-0.15, -0.1) is 6.07 Å². The zero-order valence-corrected chi connectivity index (χ0v) is 37.3. The van der Waals surface area contributed by atoms with Gasteiger partial charge in [0.1, 0.15) is 0 Å². The monoisotopic (exact) mass is 1000 g/mol. The van der Waals surface area contributed by atoms with Gasteiger partial charge in [-0.05, 0) is 112 Å². The summed E-state index contributed by atoms with van der Waals surface area (Å²) in [4.78, 5) is 0.